The molecule has 26 heavy (non-hydrogen) atoms. The number of benzene rings is 1. The third kappa shape index (κ3) is 42.9. The molecule has 0 aliphatic rings. The Morgan fingerprint density at radius 1 is 0.962 bits per heavy atom. The van der Waals surface area contributed by atoms with Crippen LogP contribution in [0.5, 0.6) is 0 Å². The summed E-state index contributed by atoms with van der Waals surface area (Å²) in [5.41, 5.74) is 5.51. The van der Waals surface area contributed by atoms with E-state index in [9.17, 15) is 14.4 Å². The van der Waals surface area contributed by atoms with Gasteiger partial charge in [-0.25, -0.2) is 0 Å². The molecule has 0 atom stereocenters. The lowest BCUT2D eigenvalue weighted by Gasteiger charge is -1.95. The van der Waals surface area contributed by atoms with Crippen molar-refractivity contribution in [3.8, 4) is 12.8 Å². The van der Waals surface area contributed by atoms with Crippen LogP contribution in [0.15, 0.2) is 30.3 Å². The molecule has 1 aromatic rings. The standard InChI is InChI=1S/C8H8O2.C4H6O4.2C2H6.C2H2.CH5N/c9-7-10-6-8-4-2-1-3-5-8;5-3(6)1-2-4(7)8;4*1-2/h1-5,7H,6H2;1-2H2,(H,5,6)(H,7,8);2*1-2H3;1-2H;2H2,1H3. The van der Waals surface area contributed by atoms with E-state index in [0.29, 0.717) is 13.1 Å². The molecule has 0 heterocycles. The van der Waals surface area contributed by atoms with Crippen molar-refractivity contribution in [2.45, 2.75) is 47.1 Å². The maximum Gasteiger partial charge on any atom is 0.303 e. The Hall–Kier alpha value is -2.85. The largest absolute Gasteiger partial charge is 0.481 e. The first-order chi connectivity index (χ1) is 12.6. The molecule has 150 valence electrons. The third-order valence-corrected chi connectivity index (χ3v) is 1.71. The van der Waals surface area contributed by atoms with Crippen molar-refractivity contribution in [3.05, 3.63) is 35.9 Å². The Bertz CT molecular complexity index is 405. The lowest BCUT2D eigenvalue weighted by molar-refractivity contribution is -0.143. The molecular formula is C19H33NO6. The number of carbonyl (C=O) groups excluding carboxylic acids is 1. The van der Waals surface area contributed by atoms with E-state index in [1.807, 2.05) is 58.0 Å². The minimum Gasteiger partial charge on any atom is -0.481 e. The minimum atomic E-state index is -1.08. The molecule has 0 fully saturated rings. The van der Waals surface area contributed by atoms with Gasteiger partial charge in [0.2, 0.25) is 0 Å². The van der Waals surface area contributed by atoms with Gasteiger partial charge in [0.05, 0.1) is 12.8 Å². The van der Waals surface area contributed by atoms with E-state index >= 15 is 0 Å². The van der Waals surface area contributed by atoms with Crippen LogP contribution in [0.2, 0.25) is 0 Å². The average Bonchev–Trinajstić information content (AvgIpc) is 2.72. The van der Waals surface area contributed by atoms with Crippen LogP contribution in [0.25, 0.3) is 0 Å². The zero-order chi connectivity index (χ0) is 21.8. The van der Waals surface area contributed by atoms with Gasteiger partial charge in [-0.3, -0.25) is 14.4 Å². The van der Waals surface area contributed by atoms with Crippen molar-refractivity contribution in [1.29, 1.82) is 0 Å². The lowest BCUT2D eigenvalue weighted by Crippen LogP contribution is -2.00. The van der Waals surface area contributed by atoms with Crippen molar-refractivity contribution in [1.82, 2.24) is 0 Å². The van der Waals surface area contributed by atoms with Crippen molar-refractivity contribution in [2.75, 3.05) is 7.05 Å². The summed E-state index contributed by atoms with van der Waals surface area (Å²) in [5, 5.41) is 15.8. The number of aliphatic carboxylic acids is 2. The monoisotopic (exact) mass is 371 g/mol. The zero-order valence-corrected chi connectivity index (χ0v) is 16.3. The highest BCUT2D eigenvalue weighted by molar-refractivity contribution is 5.75. The summed E-state index contributed by atoms with van der Waals surface area (Å²) in [6, 6.07) is 9.55. The fraction of sp³-hybridized carbons (Fsp3) is 0.421. The van der Waals surface area contributed by atoms with Crippen molar-refractivity contribution >= 4 is 18.4 Å². The van der Waals surface area contributed by atoms with Crippen LogP contribution in [0, 0.1) is 12.8 Å². The number of hydrogen-bond donors (Lipinski definition) is 3. The number of nitrogens with two attached hydrogens (primary N) is 1. The van der Waals surface area contributed by atoms with Crippen LogP contribution < -0.4 is 5.73 Å². The fourth-order valence-electron chi connectivity index (χ4n) is 0.918. The molecule has 1 rings (SSSR count). The highest BCUT2D eigenvalue weighted by Gasteiger charge is 2.00. The maximum atomic E-state index is 9.76. The molecule has 0 aliphatic heterocycles. The van der Waals surface area contributed by atoms with E-state index < -0.39 is 11.9 Å². The second kappa shape index (κ2) is 38.0. The van der Waals surface area contributed by atoms with Crippen LogP contribution >= 0.6 is 0 Å². The van der Waals surface area contributed by atoms with Gasteiger partial charge in [-0.05, 0) is 12.6 Å². The van der Waals surface area contributed by atoms with Gasteiger partial charge in [-0.15, -0.1) is 12.8 Å². The number of hydrogen-bond acceptors (Lipinski definition) is 5. The summed E-state index contributed by atoms with van der Waals surface area (Å²) in [5.74, 6) is -2.15. The molecule has 7 heteroatoms. The first kappa shape index (κ1) is 34.5. The second-order valence-electron chi connectivity index (χ2n) is 3.18. The summed E-state index contributed by atoms with van der Waals surface area (Å²) >= 11 is 0. The van der Waals surface area contributed by atoms with Crippen LogP contribution in [-0.4, -0.2) is 35.7 Å². The third-order valence-electron chi connectivity index (χ3n) is 1.71. The molecule has 0 bridgehead atoms. The molecule has 4 N–H and O–H groups in total. The first-order valence-corrected chi connectivity index (χ1v) is 8.00. The molecule has 0 unspecified atom stereocenters. The Morgan fingerprint density at radius 3 is 1.58 bits per heavy atom. The fourth-order valence-corrected chi connectivity index (χ4v) is 0.918. The van der Waals surface area contributed by atoms with Crippen molar-refractivity contribution < 1.29 is 29.3 Å². The normalized spacial score (nSPS) is 6.77. The highest BCUT2D eigenvalue weighted by Crippen LogP contribution is 1.98. The lowest BCUT2D eigenvalue weighted by atomic mass is 10.2. The molecule has 0 radical (unpaired) electrons. The molecule has 0 amide bonds. The van der Waals surface area contributed by atoms with Crippen LogP contribution in [-0.2, 0) is 25.7 Å². The van der Waals surface area contributed by atoms with Gasteiger partial charge in [0, 0.05) is 0 Å². The molecule has 0 spiro atoms. The predicted molar refractivity (Wildman–Crippen MR) is 104 cm³/mol. The van der Waals surface area contributed by atoms with E-state index in [-0.39, 0.29) is 12.8 Å². The Balaban J connectivity index is -0.0000000826. The summed E-state index contributed by atoms with van der Waals surface area (Å²) in [6.45, 7) is 8.82. The minimum absolute atomic E-state index is 0.296. The Kier molecular flexibility index (Phi) is 50.4. The van der Waals surface area contributed by atoms with E-state index in [2.05, 4.69) is 23.3 Å². The second-order valence-corrected chi connectivity index (χ2v) is 3.18. The molecule has 7 nitrogen and oxygen atoms in total. The number of terminal acetylenes is 1. The van der Waals surface area contributed by atoms with Crippen molar-refractivity contribution in [2.24, 2.45) is 5.73 Å². The zero-order valence-electron chi connectivity index (χ0n) is 16.3. The Labute approximate surface area is 157 Å². The molecule has 1 aromatic carbocycles. The summed E-state index contributed by atoms with van der Waals surface area (Å²) < 4.78 is 4.54. The highest BCUT2D eigenvalue weighted by atomic mass is 16.5. The van der Waals surface area contributed by atoms with Crippen LogP contribution in [0.4, 0.5) is 0 Å². The Morgan fingerprint density at radius 2 is 1.31 bits per heavy atom. The maximum absolute atomic E-state index is 9.76. The van der Waals surface area contributed by atoms with Gasteiger partial charge in [0.15, 0.2) is 0 Å². The number of carbonyl (C=O) groups is 3. The molecular weight excluding hydrogens is 338 g/mol. The summed E-state index contributed by atoms with van der Waals surface area (Å²) in [6.07, 6.45) is 7.41. The molecule has 0 aromatic heterocycles. The first-order valence-electron chi connectivity index (χ1n) is 8.00. The summed E-state index contributed by atoms with van der Waals surface area (Å²) in [7, 11) is 1.50. The predicted octanol–water partition coefficient (Wildman–Crippen LogP) is 3.17. The van der Waals surface area contributed by atoms with Gasteiger partial charge in [0.1, 0.15) is 6.61 Å². The smallest absolute Gasteiger partial charge is 0.303 e. The summed E-state index contributed by atoms with van der Waals surface area (Å²) in [4.78, 5) is 29.0. The van der Waals surface area contributed by atoms with E-state index in [4.69, 9.17) is 10.2 Å². The van der Waals surface area contributed by atoms with Gasteiger partial charge in [0.25, 0.3) is 6.47 Å². The number of carboxylic acid groups (broad SMARTS) is 2. The van der Waals surface area contributed by atoms with Crippen LogP contribution in [0.1, 0.15) is 46.1 Å². The van der Waals surface area contributed by atoms with Gasteiger partial charge in [-0.2, -0.15) is 0 Å². The van der Waals surface area contributed by atoms with Gasteiger partial charge < -0.3 is 20.7 Å². The number of ether oxygens (including phenoxy) is 1. The van der Waals surface area contributed by atoms with E-state index in [0.717, 1.165) is 5.56 Å². The SMILES string of the molecule is C#C.CC.CC.CN.O=C(O)CCC(=O)O.O=COCc1ccccc1. The molecule has 0 saturated heterocycles. The number of rotatable bonds is 6. The average molecular weight is 371 g/mol. The molecule has 0 aliphatic carbocycles. The van der Waals surface area contributed by atoms with Crippen LogP contribution in [0.3, 0.4) is 0 Å². The molecule has 0 saturated carbocycles. The quantitative estimate of drug-likeness (QED) is 0.517. The van der Waals surface area contributed by atoms with Gasteiger partial charge in [-0.1, -0.05) is 58.0 Å². The van der Waals surface area contributed by atoms with Crippen molar-refractivity contribution in [3.63, 3.8) is 0 Å². The topological polar surface area (TPSA) is 127 Å². The van der Waals surface area contributed by atoms with E-state index in [1.54, 1.807) is 0 Å². The van der Waals surface area contributed by atoms with E-state index in [1.165, 1.54) is 7.05 Å². The van der Waals surface area contributed by atoms with Gasteiger partial charge >= 0.3 is 11.9 Å². The number of carboxylic acids is 2.